The van der Waals surface area contributed by atoms with Gasteiger partial charge in [-0.3, -0.25) is 4.79 Å². The fourth-order valence-electron chi connectivity index (χ4n) is 2.47. The number of fused-ring (bicyclic) bond motifs is 1. The van der Waals surface area contributed by atoms with Crippen LogP contribution in [0.3, 0.4) is 0 Å². The molecule has 0 fully saturated rings. The first-order valence-electron chi connectivity index (χ1n) is 7.43. The average Bonchev–Trinajstić information content (AvgIpc) is 3.23. The van der Waals surface area contributed by atoms with Crippen LogP contribution >= 0.6 is 11.3 Å². The van der Waals surface area contributed by atoms with Crippen molar-refractivity contribution in [3.05, 3.63) is 42.0 Å². The Kier molecular flexibility index (Phi) is 3.62. The zero-order valence-corrected chi connectivity index (χ0v) is 13.7. The largest absolute Gasteiger partial charge is 0.302 e. The molecule has 0 aliphatic carbocycles. The molecular formula is C17H13N5OS. The zero-order chi connectivity index (χ0) is 16.5. The standard InChI is InChI=1S/C17H13N5OS/c1-10(23)19-17-21-15-7-6-13(20-16(15)24-17)11-2-4-12(5-3-11)14-8-9-18-22-14/h2-7,9H,8H2,1H3,(H,19,21,23). The van der Waals surface area contributed by atoms with Crippen molar-refractivity contribution in [1.29, 1.82) is 0 Å². The molecule has 118 valence electrons. The molecule has 1 N–H and O–H groups in total. The second kappa shape index (κ2) is 5.93. The number of thiazole rings is 1. The minimum atomic E-state index is -0.135. The second-order valence-electron chi connectivity index (χ2n) is 5.35. The Hall–Kier alpha value is -2.93. The van der Waals surface area contributed by atoms with E-state index in [1.54, 1.807) is 6.21 Å². The van der Waals surface area contributed by atoms with Gasteiger partial charge in [-0.15, -0.1) is 0 Å². The Morgan fingerprint density at radius 2 is 1.88 bits per heavy atom. The van der Waals surface area contributed by atoms with Crippen LogP contribution < -0.4 is 5.32 Å². The number of amides is 1. The highest BCUT2D eigenvalue weighted by Gasteiger charge is 2.10. The highest BCUT2D eigenvalue weighted by molar-refractivity contribution is 7.21. The summed E-state index contributed by atoms with van der Waals surface area (Å²) in [5, 5.41) is 11.3. The maximum Gasteiger partial charge on any atom is 0.223 e. The number of rotatable bonds is 3. The number of carbonyl (C=O) groups excluding carboxylic acids is 1. The van der Waals surface area contributed by atoms with Crippen molar-refractivity contribution in [3.8, 4) is 11.3 Å². The van der Waals surface area contributed by atoms with Crippen molar-refractivity contribution in [3.63, 3.8) is 0 Å². The van der Waals surface area contributed by atoms with Crippen LogP contribution in [0.2, 0.25) is 0 Å². The SMILES string of the molecule is CC(=O)Nc1nc2ccc(-c3ccc(C4=NN=CC4)cc3)nc2s1. The third-order valence-corrected chi connectivity index (χ3v) is 4.48. The Labute approximate surface area is 142 Å². The maximum absolute atomic E-state index is 11.1. The Balaban J connectivity index is 1.64. The molecule has 0 spiro atoms. The average molecular weight is 335 g/mol. The van der Waals surface area contributed by atoms with Crippen LogP contribution in [-0.2, 0) is 4.79 Å². The van der Waals surface area contributed by atoms with E-state index in [-0.39, 0.29) is 5.91 Å². The number of nitrogens with zero attached hydrogens (tertiary/aromatic N) is 4. The van der Waals surface area contributed by atoms with Crippen LogP contribution in [0.25, 0.3) is 21.6 Å². The third-order valence-electron chi connectivity index (χ3n) is 3.60. The summed E-state index contributed by atoms with van der Waals surface area (Å²) in [7, 11) is 0. The number of pyridine rings is 1. The van der Waals surface area contributed by atoms with E-state index in [0.717, 1.165) is 39.3 Å². The van der Waals surface area contributed by atoms with Gasteiger partial charge >= 0.3 is 0 Å². The van der Waals surface area contributed by atoms with E-state index >= 15 is 0 Å². The van der Waals surface area contributed by atoms with Crippen LogP contribution in [0.1, 0.15) is 18.9 Å². The lowest BCUT2D eigenvalue weighted by Crippen LogP contribution is -2.04. The lowest BCUT2D eigenvalue weighted by molar-refractivity contribution is -0.114. The Morgan fingerprint density at radius 1 is 1.08 bits per heavy atom. The van der Waals surface area contributed by atoms with Crippen LogP contribution in [0.5, 0.6) is 0 Å². The molecule has 2 aromatic heterocycles. The Morgan fingerprint density at radius 3 is 2.58 bits per heavy atom. The van der Waals surface area contributed by atoms with Gasteiger partial charge in [0.05, 0.1) is 11.4 Å². The fraction of sp³-hybridized carbons (Fsp3) is 0.118. The number of hydrogen-bond donors (Lipinski definition) is 1. The van der Waals surface area contributed by atoms with Crippen LogP contribution in [0.15, 0.2) is 46.6 Å². The van der Waals surface area contributed by atoms with E-state index in [2.05, 4.69) is 25.5 Å². The minimum Gasteiger partial charge on any atom is -0.302 e. The van der Waals surface area contributed by atoms with E-state index in [1.807, 2.05) is 36.4 Å². The van der Waals surface area contributed by atoms with Crippen LogP contribution in [0.4, 0.5) is 5.13 Å². The molecule has 1 aliphatic rings. The molecule has 0 saturated carbocycles. The van der Waals surface area contributed by atoms with E-state index in [9.17, 15) is 4.79 Å². The third kappa shape index (κ3) is 2.81. The molecule has 1 aromatic carbocycles. The molecule has 24 heavy (non-hydrogen) atoms. The highest BCUT2D eigenvalue weighted by Crippen LogP contribution is 2.27. The summed E-state index contributed by atoms with van der Waals surface area (Å²) in [6.45, 7) is 1.46. The van der Waals surface area contributed by atoms with Gasteiger partial charge in [0, 0.05) is 25.1 Å². The van der Waals surface area contributed by atoms with Crippen molar-refractivity contribution in [2.24, 2.45) is 10.2 Å². The van der Waals surface area contributed by atoms with Gasteiger partial charge < -0.3 is 5.32 Å². The van der Waals surface area contributed by atoms with Gasteiger partial charge in [-0.25, -0.2) is 9.97 Å². The number of hydrogen-bond acceptors (Lipinski definition) is 6. The normalized spacial score (nSPS) is 13.3. The predicted molar refractivity (Wildman–Crippen MR) is 96.8 cm³/mol. The summed E-state index contributed by atoms with van der Waals surface area (Å²) in [6, 6.07) is 12.0. The topological polar surface area (TPSA) is 79.6 Å². The molecular weight excluding hydrogens is 322 g/mol. The smallest absolute Gasteiger partial charge is 0.223 e. The molecule has 0 radical (unpaired) electrons. The summed E-state index contributed by atoms with van der Waals surface area (Å²) in [5.74, 6) is -0.135. The van der Waals surface area contributed by atoms with E-state index in [1.165, 1.54) is 18.3 Å². The molecule has 1 aliphatic heterocycles. The van der Waals surface area contributed by atoms with Gasteiger partial charge in [0.15, 0.2) is 5.13 Å². The van der Waals surface area contributed by atoms with E-state index < -0.39 is 0 Å². The van der Waals surface area contributed by atoms with E-state index in [4.69, 9.17) is 0 Å². The molecule has 0 saturated heterocycles. The molecule has 0 atom stereocenters. The van der Waals surface area contributed by atoms with Crippen molar-refractivity contribution in [2.75, 3.05) is 5.32 Å². The number of anilines is 1. The van der Waals surface area contributed by atoms with Gasteiger partial charge in [-0.2, -0.15) is 10.2 Å². The number of carbonyl (C=O) groups is 1. The van der Waals surface area contributed by atoms with Gasteiger partial charge in [0.25, 0.3) is 0 Å². The first-order valence-corrected chi connectivity index (χ1v) is 8.25. The number of nitrogens with one attached hydrogen (secondary N) is 1. The van der Waals surface area contributed by atoms with E-state index in [0.29, 0.717) is 5.13 Å². The second-order valence-corrected chi connectivity index (χ2v) is 6.32. The zero-order valence-electron chi connectivity index (χ0n) is 12.9. The number of aromatic nitrogens is 2. The molecule has 0 bridgehead atoms. The lowest BCUT2D eigenvalue weighted by Gasteiger charge is -2.03. The number of benzene rings is 1. The molecule has 1 amide bonds. The van der Waals surface area contributed by atoms with Crippen LogP contribution in [0, 0.1) is 0 Å². The van der Waals surface area contributed by atoms with Crippen molar-refractivity contribution >= 4 is 44.6 Å². The molecule has 3 heterocycles. The van der Waals surface area contributed by atoms with Gasteiger partial charge in [-0.05, 0) is 17.7 Å². The quantitative estimate of drug-likeness (QED) is 0.795. The molecule has 4 rings (SSSR count). The van der Waals surface area contributed by atoms with Gasteiger partial charge in [0.1, 0.15) is 10.3 Å². The molecule has 6 nitrogen and oxygen atoms in total. The van der Waals surface area contributed by atoms with Gasteiger partial charge in [-0.1, -0.05) is 35.6 Å². The molecule has 3 aromatic rings. The summed E-state index contributed by atoms with van der Waals surface area (Å²) in [4.78, 5) is 20.9. The predicted octanol–water partition coefficient (Wildman–Crippen LogP) is 3.50. The summed E-state index contributed by atoms with van der Waals surface area (Å²) in [5.41, 5.74) is 4.73. The van der Waals surface area contributed by atoms with Crippen molar-refractivity contribution < 1.29 is 4.79 Å². The van der Waals surface area contributed by atoms with Gasteiger partial charge in [0.2, 0.25) is 5.91 Å². The molecule has 0 unspecified atom stereocenters. The monoisotopic (exact) mass is 335 g/mol. The highest BCUT2D eigenvalue weighted by atomic mass is 32.1. The summed E-state index contributed by atoms with van der Waals surface area (Å²) in [6.07, 6.45) is 2.57. The maximum atomic E-state index is 11.1. The first kappa shape index (κ1) is 14.6. The summed E-state index contributed by atoms with van der Waals surface area (Å²) < 4.78 is 0. The van der Waals surface area contributed by atoms with Crippen molar-refractivity contribution in [2.45, 2.75) is 13.3 Å². The first-order chi connectivity index (χ1) is 11.7. The van der Waals surface area contributed by atoms with Crippen molar-refractivity contribution in [1.82, 2.24) is 9.97 Å². The minimum absolute atomic E-state index is 0.135. The Bertz CT molecular complexity index is 988. The lowest BCUT2D eigenvalue weighted by atomic mass is 10.0. The fourth-order valence-corrected chi connectivity index (χ4v) is 3.35. The molecule has 7 heteroatoms. The summed E-state index contributed by atoms with van der Waals surface area (Å²) >= 11 is 1.37. The van der Waals surface area contributed by atoms with Crippen LogP contribution in [-0.4, -0.2) is 27.8 Å².